The Hall–Kier alpha value is -1.67. The lowest BCUT2D eigenvalue weighted by molar-refractivity contribution is -0.137. The van der Waals surface area contributed by atoms with Crippen LogP contribution in [0.4, 0.5) is 13.2 Å². The number of hydrogen-bond donors (Lipinski definition) is 0. The summed E-state index contributed by atoms with van der Waals surface area (Å²) < 4.78 is 47.4. The Morgan fingerprint density at radius 2 is 2.10 bits per heavy atom. The Balaban J connectivity index is 2.70. The molecule has 0 unspecified atom stereocenters. The van der Waals surface area contributed by atoms with E-state index in [1.807, 2.05) is 0 Å². The molecule has 0 saturated heterocycles. The number of rotatable bonds is 2. The molecule has 0 atom stereocenters. The van der Waals surface area contributed by atoms with Gasteiger partial charge < -0.3 is 4.74 Å². The molecule has 2 heterocycles. The number of methoxy groups -OCH3 is 1. The van der Waals surface area contributed by atoms with Crippen LogP contribution in [0.5, 0.6) is 0 Å². The third kappa shape index (κ3) is 2.61. The molecule has 0 radical (unpaired) electrons. The van der Waals surface area contributed by atoms with Gasteiger partial charge >= 0.3 is 12.1 Å². The maximum atomic E-state index is 13.1. The summed E-state index contributed by atoms with van der Waals surface area (Å²) in [6.45, 7) is 0. The van der Waals surface area contributed by atoms with Gasteiger partial charge in [0.1, 0.15) is 21.8 Å². The zero-order chi connectivity index (χ0) is 14.9. The molecule has 0 saturated carbocycles. The molecule has 0 bridgehead atoms. The van der Waals surface area contributed by atoms with E-state index in [1.165, 1.54) is 18.3 Å². The van der Waals surface area contributed by atoms with Crippen LogP contribution in [-0.4, -0.2) is 22.4 Å². The highest BCUT2D eigenvalue weighted by atomic mass is 35.5. The first-order chi connectivity index (χ1) is 9.36. The summed E-state index contributed by atoms with van der Waals surface area (Å²) in [5, 5.41) is 0.0136. The van der Waals surface area contributed by atoms with E-state index >= 15 is 0 Å². The summed E-state index contributed by atoms with van der Waals surface area (Å²) in [6, 6.07) is 2.87. The van der Waals surface area contributed by atoms with Crippen LogP contribution in [0.2, 0.25) is 5.02 Å². The molecule has 0 amide bonds. The summed E-state index contributed by atoms with van der Waals surface area (Å²) in [6.07, 6.45) is -3.48. The van der Waals surface area contributed by atoms with Crippen molar-refractivity contribution in [2.45, 2.75) is 6.18 Å². The topological polar surface area (TPSA) is 52.1 Å². The highest BCUT2D eigenvalue weighted by Gasteiger charge is 2.42. The molecule has 2 rings (SSSR count). The number of carbonyl (C=O) groups excluding carboxylic acids is 1. The number of aromatic nitrogens is 2. The summed E-state index contributed by atoms with van der Waals surface area (Å²) in [5.41, 5.74) is -1.80. The van der Waals surface area contributed by atoms with E-state index in [1.54, 1.807) is 0 Å². The van der Waals surface area contributed by atoms with Crippen molar-refractivity contribution < 1.29 is 22.7 Å². The average Bonchev–Trinajstić information content (AvgIpc) is 2.83. The van der Waals surface area contributed by atoms with Crippen LogP contribution < -0.4 is 0 Å². The molecule has 2 aromatic rings. The van der Waals surface area contributed by atoms with Crippen LogP contribution in [0, 0.1) is 0 Å². The number of esters is 1. The van der Waals surface area contributed by atoms with Gasteiger partial charge in [-0.25, -0.2) is 4.79 Å². The summed E-state index contributed by atoms with van der Waals surface area (Å²) in [5.74, 6) is -1.10. The fourth-order valence-corrected chi connectivity index (χ4v) is 2.54. The molecule has 0 N–H and O–H groups in total. The van der Waals surface area contributed by atoms with Crippen molar-refractivity contribution in [1.29, 1.82) is 0 Å². The average molecular weight is 323 g/mol. The predicted octanol–water partition coefficient (Wildman–Crippen LogP) is 3.66. The van der Waals surface area contributed by atoms with Gasteiger partial charge in [0.15, 0.2) is 0 Å². The van der Waals surface area contributed by atoms with Crippen molar-refractivity contribution in [2.75, 3.05) is 7.11 Å². The van der Waals surface area contributed by atoms with Crippen LogP contribution in [-0.2, 0) is 10.9 Å². The summed E-state index contributed by atoms with van der Waals surface area (Å²) >= 11 is 6.22. The maximum absolute atomic E-state index is 13.1. The number of ether oxygens (including phenoxy) is 1. The first-order valence-corrected chi connectivity index (χ1v) is 6.27. The van der Waals surface area contributed by atoms with Gasteiger partial charge in [0.2, 0.25) is 0 Å². The monoisotopic (exact) mass is 322 g/mol. The number of hydrogen-bond acceptors (Lipinski definition) is 5. The number of halogens is 4. The smallest absolute Gasteiger partial charge is 0.420 e. The van der Waals surface area contributed by atoms with Gasteiger partial charge in [0.25, 0.3) is 0 Å². The van der Waals surface area contributed by atoms with E-state index in [4.69, 9.17) is 11.6 Å². The maximum Gasteiger partial charge on any atom is 0.420 e. The Kier molecular flexibility index (Phi) is 3.96. The van der Waals surface area contributed by atoms with Gasteiger partial charge in [-0.2, -0.15) is 17.5 Å². The molecule has 0 aliphatic carbocycles. The zero-order valence-electron chi connectivity index (χ0n) is 9.86. The van der Waals surface area contributed by atoms with Gasteiger partial charge in [0.05, 0.1) is 12.1 Å². The van der Waals surface area contributed by atoms with Crippen molar-refractivity contribution in [3.8, 4) is 11.4 Å². The zero-order valence-corrected chi connectivity index (χ0v) is 11.4. The van der Waals surface area contributed by atoms with E-state index in [0.717, 1.165) is 7.11 Å². The van der Waals surface area contributed by atoms with Crippen molar-refractivity contribution in [3.05, 3.63) is 33.8 Å². The van der Waals surface area contributed by atoms with E-state index in [2.05, 4.69) is 14.1 Å². The fraction of sp³-hybridized carbons (Fsp3) is 0.182. The standard InChI is InChI=1S/C11H6ClF3N2O2S/c1-19-10(18)9-6(11(13,14)15)8(17-20-9)7-5(12)3-2-4-16-7/h2-4H,1H3. The molecule has 2 aromatic heterocycles. The molecule has 0 fully saturated rings. The largest absolute Gasteiger partial charge is 0.465 e. The first kappa shape index (κ1) is 14.7. The first-order valence-electron chi connectivity index (χ1n) is 5.12. The second-order valence-electron chi connectivity index (χ2n) is 3.56. The highest BCUT2D eigenvalue weighted by Crippen LogP contribution is 2.42. The highest BCUT2D eigenvalue weighted by molar-refractivity contribution is 7.08. The number of nitrogens with zero attached hydrogens (tertiary/aromatic N) is 2. The van der Waals surface area contributed by atoms with E-state index in [-0.39, 0.29) is 10.7 Å². The van der Waals surface area contributed by atoms with E-state index < -0.39 is 28.3 Å². The lowest BCUT2D eigenvalue weighted by Gasteiger charge is -2.09. The molecule has 4 nitrogen and oxygen atoms in total. The lowest BCUT2D eigenvalue weighted by Crippen LogP contribution is -2.12. The van der Waals surface area contributed by atoms with Gasteiger partial charge in [0, 0.05) is 6.20 Å². The third-order valence-corrected chi connectivity index (χ3v) is 3.46. The normalized spacial score (nSPS) is 11.4. The Labute approximate surface area is 120 Å². The minimum Gasteiger partial charge on any atom is -0.465 e. The van der Waals surface area contributed by atoms with Crippen molar-refractivity contribution in [3.63, 3.8) is 0 Å². The summed E-state index contributed by atoms with van der Waals surface area (Å²) in [7, 11) is 0.996. The number of carbonyl (C=O) groups is 1. The molecule has 0 aliphatic rings. The molecule has 0 aromatic carbocycles. The van der Waals surface area contributed by atoms with Crippen molar-refractivity contribution in [2.24, 2.45) is 0 Å². The van der Waals surface area contributed by atoms with Crippen LogP contribution in [0.15, 0.2) is 18.3 Å². The Bertz CT molecular complexity index is 657. The van der Waals surface area contributed by atoms with Gasteiger partial charge in [-0.05, 0) is 23.7 Å². The van der Waals surface area contributed by atoms with Crippen molar-refractivity contribution in [1.82, 2.24) is 9.36 Å². The van der Waals surface area contributed by atoms with Crippen LogP contribution >= 0.6 is 23.1 Å². The molecule has 9 heteroatoms. The fourth-order valence-electron chi connectivity index (χ4n) is 1.51. The third-order valence-electron chi connectivity index (χ3n) is 2.33. The molecule has 0 aliphatic heterocycles. The predicted molar refractivity (Wildman–Crippen MR) is 66.7 cm³/mol. The Morgan fingerprint density at radius 1 is 1.40 bits per heavy atom. The van der Waals surface area contributed by atoms with Gasteiger partial charge in [-0.15, -0.1) is 0 Å². The SMILES string of the molecule is COC(=O)c1snc(-c2ncccc2Cl)c1C(F)(F)F. The molecule has 106 valence electrons. The lowest BCUT2D eigenvalue weighted by atomic mass is 10.1. The minimum absolute atomic E-state index is 0.0136. The van der Waals surface area contributed by atoms with Crippen LogP contribution in [0.25, 0.3) is 11.4 Å². The second-order valence-corrected chi connectivity index (χ2v) is 4.74. The molecule has 0 spiro atoms. The number of alkyl halides is 3. The minimum atomic E-state index is -4.77. The second kappa shape index (κ2) is 5.37. The van der Waals surface area contributed by atoms with E-state index in [9.17, 15) is 18.0 Å². The molecule has 20 heavy (non-hydrogen) atoms. The summed E-state index contributed by atoms with van der Waals surface area (Å²) in [4.78, 5) is 14.6. The number of pyridine rings is 1. The Morgan fingerprint density at radius 3 is 2.65 bits per heavy atom. The van der Waals surface area contributed by atoms with Gasteiger partial charge in [-0.3, -0.25) is 4.98 Å². The molecular formula is C11H6ClF3N2O2S. The molecular weight excluding hydrogens is 317 g/mol. The van der Waals surface area contributed by atoms with E-state index in [0.29, 0.717) is 11.5 Å². The van der Waals surface area contributed by atoms with Crippen molar-refractivity contribution >= 4 is 29.1 Å². The quantitative estimate of drug-likeness (QED) is 0.792. The van der Waals surface area contributed by atoms with Crippen LogP contribution in [0.3, 0.4) is 0 Å². The van der Waals surface area contributed by atoms with Crippen LogP contribution in [0.1, 0.15) is 15.2 Å². The van der Waals surface area contributed by atoms with Gasteiger partial charge in [-0.1, -0.05) is 11.6 Å².